The Labute approximate surface area is 77.5 Å². The van der Waals surface area contributed by atoms with E-state index >= 15 is 0 Å². The second-order valence-corrected chi connectivity index (χ2v) is 3.67. The maximum absolute atomic E-state index is 11.1. The van der Waals surface area contributed by atoms with Crippen LogP contribution in [0.5, 0.6) is 0 Å². The number of rotatable bonds is 5. The molecule has 12 heavy (non-hydrogen) atoms. The maximum Gasteiger partial charge on any atom is 0.233 e. The van der Waals surface area contributed by atoms with Gasteiger partial charge in [-0.1, -0.05) is 5.92 Å². The van der Waals surface area contributed by atoms with Crippen LogP contribution in [0, 0.1) is 12.3 Å². The van der Waals surface area contributed by atoms with Crippen molar-refractivity contribution in [3.8, 4) is 12.3 Å². The van der Waals surface area contributed by atoms with E-state index in [1.165, 1.54) is 11.8 Å². The molecule has 0 saturated heterocycles. The molecule has 4 heteroatoms. The van der Waals surface area contributed by atoms with Crippen molar-refractivity contribution < 1.29 is 4.79 Å². The highest BCUT2D eigenvalue weighted by Crippen LogP contribution is 2.08. The first kappa shape index (κ1) is 11.3. The van der Waals surface area contributed by atoms with E-state index in [9.17, 15) is 4.79 Å². The third-order valence-corrected chi connectivity index (χ3v) is 2.41. The molecule has 0 saturated carbocycles. The fourth-order valence-corrected chi connectivity index (χ4v) is 1.33. The van der Waals surface area contributed by atoms with Crippen LogP contribution in [0.25, 0.3) is 0 Å². The molecule has 0 aromatic heterocycles. The van der Waals surface area contributed by atoms with Crippen LogP contribution in [0.1, 0.15) is 6.92 Å². The minimum absolute atomic E-state index is 0.0219. The third kappa shape index (κ3) is 5.05. The number of carbonyl (C=O) groups excluding carboxylic acids is 1. The van der Waals surface area contributed by atoms with E-state index in [4.69, 9.17) is 12.2 Å². The van der Waals surface area contributed by atoms with E-state index < -0.39 is 0 Å². The summed E-state index contributed by atoms with van der Waals surface area (Å²) < 4.78 is 0. The molecule has 0 bridgehead atoms. The van der Waals surface area contributed by atoms with Crippen molar-refractivity contribution >= 4 is 17.7 Å². The van der Waals surface area contributed by atoms with Gasteiger partial charge in [-0.2, -0.15) is 0 Å². The Morgan fingerprint density at radius 3 is 3.00 bits per heavy atom. The van der Waals surface area contributed by atoms with Gasteiger partial charge in [0, 0.05) is 12.3 Å². The summed E-state index contributed by atoms with van der Waals surface area (Å²) in [7, 11) is 0. The monoisotopic (exact) mass is 186 g/mol. The summed E-state index contributed by atoms with van der Waals surface area (Å²) in [4.78, 5) is 11.1. The van der Waals surface area contributed by atoms with Crippen LogP contribution in [0.15, 0.2) is 0 Å². The topological polar surface area (TPSA) is 55.1 Å². The molecule has 0 aromatic rings. The van der Waals surface area contributed by atoms with Crippen molar-refractivity contribution in [3.63, 3.8) is 0 Å². The summed E-state index contributed by atoms with van der Waals surface area (Å²) >= 11 is 1.53. The van der Waals surface area contributed by atoms with Crippen LogP contribution in [-0.2, 0) is 4.79 Å². The van der Waals surface area contributed by atoms with E-state index in [2.05, 4.69) is 11.2 Å². The predicted octanol–water partition coefficient (Wildman–Crippen LogP) is -0.184. The second-order valence-electron chi connectivity index (χ2n) is 2.22. The van der Waals surface area contributed by atoms with Crippen LogP contribution in [0.4, 0.5) is 0 Å². The van der Waals surface area contributed by atoms with Crippen molar-refractivity contribution in [2.45, 2.75) is 12.2 Å². The molecule has 0 spiro atoms. The lowest BCUT2D eigenvalue weighted by molar-refractivity contribution is -0.120. The molecule has 0 radical (unpaired) electrons. The van der Waals surface area contributed by atoms with Crippen LogP contribution in [0.3, 0.4) is 0 Å². The highest BCUT2D eigenvalue weighted by atomic mass is 32.2. The molecule has 1 atom stereocenters. The van der Waals surface area contributed by atoms with Crippen LogP contribution in [-0.4, -0.2) is 30.0 Å². The standard InChI is InChI=1S/C8H14N2OS/c1-3-5-10-8(11)7(2)12-6-4-9/h1,7H,4-6,9H2,2H3,(H,10,11). The van der Waals surface area contributed by atoms with Gasteiger partial charge in [0.15, 0.2) is 0 Å². The lowest BCUT2D eigenvalue weighted by atomic mass is 10.4. The maximum atomic E-state index is 11.1. The van der Waals surface area contributed by atoms with Crippen LogP contribution in [0.2, 0.25) is 0 Å². The summed E-state index contributed by atoms with van der Waals surface area (Å²) in [6, 6.07) is 0. The van der Waals surface area contributed by atoms with Crippen LogP contribution >= 0.6 is 11.8 Å². The zero-order chi connectivity index (χ0) is 9.40. The van der Waals surface area contributed by atoms with Gasteiger partial charge < -0.3 is 11.1 Å². The Bertz CT molecular complexity index is 176. The van der Waals surface area contributed by atoms with Crippen molar-refractivity contribution in [2.75, 3.05) is 18.8 Å². The number of amides is 1. The van der Waals surface area contributed by atoms with Crippen molar-refractivity contribution in [1.82, 2.24) is 5.32 Å². The summed E-state index contributed by atoms with van der Waals surface area (Å²) in [5, 5.41) is 2.54. The molecule has 68 valence electrons. The number of hydrogen-bond acceptors (Lipinski definition) is 3. The second kappa shape index (κ2) is 7.01. The first-order chi connectivity index (χ1) is 5.72. The van der Waals surface area contributed by atoms with Gasteiger partial charge in [0.2, 0.25) is 5.91 Å². The zero-order valence-corrected chi connectivity index (χ0v) is 7.99. The molecule has 1 amide bonds. The van der Waals surface area contributed by atoms with Crippen molar-refractivity contribution in [1.29, 1.82) is 0 Å². The number of nitrogens with two attached hydrogens (primary N) is 1. The molecular weight excluding hydrogens is 172 g/mol. The summed E-state index contributed by atoms with van der Waals surface area (Å²) in [6.07, 6.45) is 4.99. The Kier molecular flexibility index (Phi) is 6.63. The third-order valence-electron chi connectivity index (χ3n) is 1.22. The molecule has 0 rings (SSSR count). The van der Waals surface area contributed by atoms with Crippen molar-refractivity contribution in [2.24, 2.45) is 5.73 Å². The number of terminal acetylenes is 1. The first-order valence-electron chi connectivity index (χ1n) is 3.75. The molecule has 3 nitrogen and oxygen atoms in total. The molecule has 0 heterocycles. The molecule has 0 fully saturated rings. The van der Waals surface area contributed by atoms with Gasteiger partial charge in [-0.15, -0.1) is 18.2 Å². The number of carbonyl (C=O) groups is 1. The number of thioether (sulfide) groups is 1. The molecular formula is C8H14N2OS. The lowest BCUT2D eigenvalue weighted by Gasteiger charge is -2.08. The normalized spacial score (nSPS) is 11.8. The Balaban J connectivity index is 3.55. The van der Waals surface area contributed by atoms with E-state index in [1.807, 2.05) is 6.92 Å². The van der Waals surface area contributed by atoms with E-state index in [1.54, 1.807) is 0 Å². The largest absolute Gasteiger partial charge is 0.344 e. The minimum atomic E-state index is -0.0677. The zero-order valence-electron chi connectivity index (χ0n) is 7.17. The molecule has 3 N–H and O–H groups in total. The Morgan fingerprint density at radius 2 is 2.50 bits per heavy atom. The fraction of sp³-hybridized carbons (Fsp3) is 0.625. The number of nitrogens with one attached hydrogen (secondary N) is 1. The molecule has 0 aliphatic rings. The molecule has 1 unspecified atom stereocenters. The average molecular weight is 186 g/mol. The van der Waals surface area contributed by atoms with Crippen molar-refractivity contribution in [3.05, 3.63) is 0 Å². The van der Waals surface area contributed by atoms with Gasteiger partial charge in [-0.3, -0.25) is 4.79 Å². The smallest absolute Gasteiger partial charge is 0.233 e. The quantitative estimate of drug-likeness (QED) is 0.585. The highest BCUT2D eigenvalue weighted by Gasteiger charge is 2.10. The van der Waals surface area contributed by atoms with E-state index in [0.717, 1.165) is 5.75 Å². The van der Waals surface area contributed by atoms with Crippen LogP contribution < -0.4 is 11.1 Å². The highest BCUT2D eigenvalue weighted by molar-refractivity contribution is 8.00. The molecule has 0 aliphatic heterocycles. The first-order valence-corrected chi connectivity index (χ1v) is 4.80. The lowest BCUT2D eigenvalue weighted by Crippen LogP contribution is -2.31. The molecule has 0 aliphatic carbocycles. The fourth-order valence-electron chi connectivity index (χ4n) is 0.602. The Hall–Kier alpha value is -0.660. The number of hydrogen-bond donors (Lipinski definition) is 2. The summed E-state index contributed by atoms with van der Waals surface area (Å²) in [5.74, 6) is 3.12. The van der Waals surface area contributed by atoms with Gasteiger partial charge in [-0.05, 0) is 6.92 Å². The minimum Gasteiger partial charge on any atom is -0.344 e. The van der Waals surface area contributed by atoms with E-state index in [0.29, 0.717) is 13.1 Å². The van der Waals surface area contributed by atoms with Gasteiger partial charge in [0.25, 0.3) is 0 Å². The van der Waals surface area contributed by atoms with Gasteiger partial charge in [0.1, 0.15) is 0 Å². The molecule has 0 aromatic carbocycles. The van der Waals surface area contributed by atoms with Gasteiger partial charge >= 0.3 is 0 Å². The Morgan fingerprint density at radius 1 is 1.83 bits per heavy atom. The predicted molar refractivity (Wildman–Crippen MR) is 52.8 cm³/mol. The average Bonchev–Trinajstić information content (AvgIpc) is 2.10. The van der Waals surface area contributed by atoms with Gasteiger partial charge in [0.05, 0.1) is 11.8 Å². The van der Waals surface area contributed by atoms with E-state index in [-0.39, 0.29) is 11.2 Å². The summed E-state index contributed by atoms with van der Waals surface area (Å²) in [6.45, 7) is 2.73. The summed E-state index contributed by atoms with van der Waals surface area (Å²) in [5.41, 5.74) is 5.29. The van der Waals surface area contributed by atoms with Gasteiger partial charge in [-0.25, -0.2) is 0 Å². The SMILES string of the molecule is C#CCNC(=O)C(C)SCCN.